The van der Waals surface area contributed by atoms with Gasteiger partial charge in [-0.05, 0) is 25.5 Å². The molecule has 0 radical (unpaired) electrons. The minimum atomic E-state index is -0.0440. The molecule has 0 spiro atoms. The van der Waals surface area contributed by atoms with E-state index >= 15 is 0 Å². The van der Waals surface area contributed by atoms with E-state index in [1.807, 2.05) is 35.6 Å². The Morgan fingerprint density at radius 2 is 2.04 bits per heavy atom. The first kappa shape index (κ1) is 17.9. The molecule has 25 heavy (non-hydrogen) atoms. The fraction of sp³-hybridized carbons (Fsp3) is 0.471. The fourth-order valence-corrected chi connectivity index (χ4v) is 3.52. The number of rotatable bonds is 9. The van der Waals surface area contributed by atoms with E-state index in [9.17, 15) is 4.79 Å². The molecule has 3 rings (SSSR count). The van der Waals surface area contributed by atoms with E-state index in [1.54, 1.807) is 23.4 Å². The number of aryl methyl sites for hydroxylation is 1. The Bertz CT molecular complexity index is 906. The highest BCUT2D eigenvalue weighted by atomic mass is 32.2. The van der Waals surface area contributed by atoms with Crippen molar-refractivity contribution in [2.24, 2.45) is 0 Å². The van der Waals surface area contributed by atoms with Gasteiger partial charge in [-0.15, -0.1) is 10.2 Å². The normalized spacial score (nSPS) is 11.6. The van der Waals surface area contributed by atoms with Crippen molar-refractivity contribution in [2.45, 2.75) is 25.0 Å². The molecule has 0 aliphatic heterocycles. The molecule has 0 saturated heterocycles. The maximum atomic E-state index is 12.9. The van der Waals surface area contributed by atoms with E-state index < -0.39 is 0 Å². The van der Waals surface area contributed by atoms with Gasteiger partial charge in [0.25, 0.3) is 5.56 Å². The Morgan fingerprint density at radius 1 is 1.20 bits per heavy atom. The Labute approximate surface area is 149 Å². The summed E-state index contributed by atoms with van der Waals surface area (Å²) in [6, 6.07) is 7.57. The second-order valence-electron chi connectivity index (χ2n) is 5.48. The van der Waals surface area contributed by atoms with Gasteiger partial charge in [0.2, 0.25) is 5.78 Å². The van der Waals surface area contributed by atoms with E-state index in [1.165, 1.54) is 0 Å². The van der Waals surface area contributed by atoms with Crippen LogP contribution in [0.3, 0.4) is 0 Å². The zero-order valence-corrected chi connectivity index (χ0v) is 15.3. The molecule has 2 heterocycles. The molecule has 0 aliphatic rings. The average molecular weight is 362 g/mol. The van der Waals surface area contributed by atoms with Crippen LogP contribution in [0, 0.1) is 0 Å². The SMILES string of the molecule is CCOCCSc1nnc2n(CCCOC)c(=O)c3ccccc3n12. The summed E-state index contributed by atoms with van der Waals surface area (Å²) in [7, 11) is 1.66. The summed E-state index contributed by atoms with van der Waals surface area (Å²) >= 11 is 1.58. The highest BCUT2D eigenvalue weighted by Crippen LogP contribution is 2.21. The fourth-order valence-electron chi connectivity index (χ4n) is 2.73. The van der Waals surface area contributed by atoms with E-state index in [4.69, 9.17) is 9.47 Å². The van der Waals surface area contributed by atoms with Crippen molar-refractivity contribution < 1.29 is 9.47 Å². The van der Waals surface area contributed by atoms with E-state index in [0.29, 0.717) is 37.5 Å². The molecule has 1 aromatic carbocycles. The molecule has 0 bridgehead atoms. The third-order valence-electron chi connectivity index (χ3n) is 3.87. The predicted octanol–water partition coefficient (Wildman–Crippen LogP) is 2.21. The quantitative estimate of drug-likeness (QED) is 0.429. The molecular weight excluding hydrogens is 340 g/mol. The van der Waals surface area contributed by atoms with E-state index in [0.717, 1.165) is 22.8 Å². The largest absolute Gasteiger partial charge is 0.385 e. The third-order valence-corrected chi connectivity index (χ3v) is 4.76. The number of nitrogens with zero attached hydrogens (tertiary/aromatic N) is 4. The van der Waals surface area contributed by atoms with Crippen molar-refractivity contribution in [3.63, 3.8) is 0 Å². The first-order valence-electron chi connectivity index (χ1n) is 8.34. The minimum absolute atomic E-state index is 0.0440. The van der Waals surface area contributed by atoms with E-state index in [2.05, 4.69) is 10.2 Å². The standard InChI is InChI=1S/C17H22N4O3S/c1-3-24-11-12-25-17-19-18-16-20(9-6-10-23-2)15(22)13-7-4-5-8-14(13)21(16)17/h4-5,7-8H,3,6,9-12H2,1-2H3. The lowest BCUT2D eigenvalue weighted by Gasteiger charge is -2.11. The number of thioether (sulfide) groups is 1. The summed E-state index contributed by atoms with van der Waals surface area (Å²) in [4.78, 5) is 12.9. The van der Waals surface area contributed by atoms with Crippen molar-refractivity contribution in [2.75, 3.05) is 32.7 Å². The van der Waals surface area contributed by atoms with Crippen LogP contribution in [0.2, 0.25) is 0 Å². The molecular formula is C17H22N4O3S. The second kappa shape index (κ2) is 8.46. The number of ether oxygens (including phenoxy) is 2. The Hall–Kier alpha value is -1.90. The molecule has 0 N–H and O–H groups in total. The van der Waals surface area contributed by atoms with Gasteiger partial charge in [0, 0.05) is 32.6 Å². The van der Waals surface area contributed by atoms with Crippen LogP contribution in [0.1, 0.15) is 13.3 Å². The highest BCUT2D eigenvalue weighted by Gasteiger charge is 2.16. The van der Waals surface area contributed by atoms with Crippen molar-refractivity contribution in [1.82, 2.24) is 19.2 Å². The van der Waals surface area contributed by atoms with Gasteiger partial charge in [-0.3, -0.25) is 13.8 Å². The zero-order valence-electron chi connectivity index (χ0n) is 14.5. The Morgan fingerprint density at radius 3 is 2.84 bits per heavy atom. The van der Waals surface area contributed by atoms with Crippen LogP contribution in [-0.2, 0) is 16.0 Å². The van der Waals surface area contributed by atoms with Crippen LogP contribution in [-0.4, -0.2) is 51.8 Å². The lowest BCUT2D eigenvalue weighted by Crippen LogP contribution is -2.24. The van der Waals surface area contributed by atoms with Crippen LogP contribution in [0.4, 0.5) is 0 Å². The predicted molar refractivity (Wildman–Crippen MR) is 98.5 cm³/mol. The number of fused-ring (bicyclic) bond motifs is 3. The molecule has 7 nitrogen and oxygen atoms in total. The number of para-hydroxylation sites is 1. The molecule has 0 unspecified atom stereocenters. The summed E-state index contributed by atoms with van der Waals surface area (Å²) in [5.74, 6) is 1.35. The molecule has 0 atom stereocenters. The van der Waals surface area contributed by atoms with Crippen molar-refractivity contribution in [1.29, 1.82) is 0 Å². The van der Waals surface area contributed by atoms with Crippen LogP contribution in [0.15, 0.2) is 34.2 Å². The van der Waals surface area contributed by atoms with Crippen molar-refractivity contribution >= 4 is 28.4 Å². The number of hydrogen-bond donors (Lipinski definition) is 0. The lowest BCUT2D eigenvalue weighted by atomic mass is 10.2. The molecule has 0 saturated carbocycles. The maximum Gasteiger partial charge on any atom is 0.262 e. The molecule has 8 heteroatoms. The maximum absolute atomic E-state index is 12.9. The number of methoxy groups -OCH3 is 1. The van der Waals surface area contributed by atoms with Gasteiger partial charge in [-0.1, -0.05) is 23.9 Å². The van der Waals surface area contributed by atoms with Crippen LogP contribution < -0.4 is 5.56 Å². The van der Waals surface area contributed by atoms with Gasteiger partial charge in [0.15, 0.2) is 5.16 Å². The second-order valence-corrected chi connectivity index (χ2v) is 6.55. The van der Waals surface area contributed by atoms with Crippen LogP contribution in [0.5, 0.6) is 0 Å². The van der Waals surface area contributed by atoms with Crippen molar-refractivity contribution in [3.05, 3.63) is 34.6 Å². The average Bonchev–Trinajstić information content (AvgIpc) is 3.05. The van der Waals surface area contributed by atoms with Gasteiger partial charge in [-0.2, -0.15) is 0 Å². The molecule has 134 valence electrons. The lowest BCUT2D eigenvalue weighted by molar-refractivity contribution is 0.164. The van der Waals surface area contributed by atoms with Crippen LogP contribution >= 0.6 is 11.8 Å². The first-order chi connectivity index (χ1) is 12.3. The monoisotopic (exact) mass is 362 g/mol. The molecule has 0 amide bonds. The topological polar surface area (TPSA) is 70.7 Å². The Kier molecular flexibility index (Phi) is 6.06. The third kappa shape index (κ3) is 3.70. The van der Waals surface area contributed by atoms with Crippen LogP contribution in [0.25, 0.3) is 16.7 Å². The summed E-state index contributed by atoms with van der Waals surface area (Å²) in [6.07, 6.45) is 0.740. The van der Waals surface area contributed by atoms with Gasteiger partial charge >= 0.3 is 0 Å². The summed E-state index contributed by atoms with van der Waals surface area (Å²) < 4.78 is 14.1. The molecule has 3 aromatic rings. The smallest absolute Gasteiger partial charge is 0.262 e. The number of hydrogen-bond acceptors (Lipinski definition) is 6. The zero-order chi connectivity index (χ0) is 17.6. The minimum Gasteiger partial charge on any atom is -0.385 e. The number of aromatic nitrogens is 4. The van der Waals surface area contributed by atoms with Crippen molar-refractivity contribution in [3.8, 4) is 0 Å². The summed E-state index contributed by atoms with van der Waals surface area (Å²) in [5, 5.41) is 10.0. The summed E-state index contributed by atoms with van der Waals surface area (Å²) in [5.41, 5.74) is 0.784. The molecule has 0 fully saturated rings. The van der Waals surface area contributed by atoms with Gasteiger partial charge < -0.3 is 9.47 Å². The van der Waals surface area contributed by atoms with Gasteiger partial charge in [0.05, 0.1) is 17.5 Å². The molecule has 0 aliphatic carbocycles. The highest BCUT2D eigenvalue weighted by molar-refractivity contribution is 7.99. The number of benzene rings is 1. The molecule has 2 aromatic heterocycles. The Balaban J connectivity index is 2.07. The van der Waals surface area contributed by atoms with Gasteiger partial charge in [-0.25, -0.2) is 0 Å². The summed E-state index contributed by atoms with van der Waals surface area (Å²) in [6.45, 7) is 4.46. The van der Waals surface area contributed by atoms with Gasteiger partial charge in [0.1, 0.15) is 0 Å². The first-order valence-corrected chi connectivity index (χ1v) is 9.32. The van der Waals surface area contributed by atoms with E-state index in [-0.39, 0.29) is 5.56 Å².